The van der Waals surface area contributed by atoms with Crippen molar-refractivity contribution >= 4 is 23.7 Å². The molecule has 0 unspecified atom stereocenters. The molecule has 1 atom stereocenters. The largest absolute Gasteiger partial charge is 0.497 e. The van der Waals surface area contributed by atoms with Gasteiger partial charge in [-0.05, 0) is 56.2 Å². The Kier molecular flexibility index (Phi) is 9.81. The molecule has 3 saturated heterocycles. The van der Waals surface area contributed by atoms with Crippen LogP contribution in [0.5, 0.6) is 17.2 Å². The van der Waals surface area contributed by atoms with Gasteiger partial charge in [-0.25, -0.2) is 0 Å². The van der Waals surface area contributed by atoms with Crippen molar-refractivity contribution in [3.8, 4) is 17.2 Å². The minimum Gasteiger partial charge on any atom is -0.497 e. The number of carbonyl (C=O) groups excluding carboxylic acids is 4. The van der Waals surface area contributed by atoms with Gasteiger partial charge in [0.2, 0.25) is 5.91 Å². The smallest absolute Gasteiger partial charge is 0.309 e. The summed E-state index contributed by atoms with van der Waals surface area (Å²) < 4.78 is 27.8. The molecule has 2 aromatic carbocycles. The summed E-state index contributed by atoms with van der Waals surface area (Å²) in [6, 6.07) is 11.1. The van der Waals surface area contributed by atoms with Gasteiger partial charge in [-0.3, -0.25) is 24.1 Å². The lowest BCUT2D eigenvalue weighted by molar-refractivity contribution is -0.152. The third kappa shape index (κ3) is 6.28. The Morgan fingerprint density at radius 3 is 2.00 bits per heavy atom. The van der Waals surface area contributed by atoms with Crippen LogP contribution in [0.25, 0.3) is 0 Å². The molecule has 1 spiro atoms. The van der Waals surface area contributed by atoms with E-state index in [4.69, 9.17) is 23.7 Å². The number of piperidine rings is 2. The first-order chi connectivity index (χ1) is 21.8. The average molecular weight is 624 g/mol. The topological polar surface area (TPSA) is 124 Å². The Hall–Kier alpha value is -4.32. The first-order valence-electron chi connectivity index (χ1n) is 15.3. The fourth-order valence-corrected chi connectivity index (χ4v) is 6.51. The third-order valence-corrected chi connectivity index (χ3v) is 9.00. The van der Waals surface area contributed by atoms with Crippen LogP contribution in [0.4, 0.5) is 0 Å². The van der Waals surface area contributed by atoms with Gasteiger partial charge in [0.25, 0.3) is 11.8 Å². The van der Waals surface area contributed by atoms with Crippen LogP contribution < -0.4 is 14.2 Å². The number of hydrogen-bond acceptors (Lipinski definition) is 9. The fourth-order valence-electron chi connectivity index (χ4n) is 6.51. The highest BCUT2D eigenvalue weighted by molar-refractivity contribution is 6.00. The summed E-state index contributed by atoms with van der Waals surface area (Å²) in [5, 5.41) is 0. The second kappa shape index (κ2) is 13.8. The molecule has 2 aromatic rings. The highest BCUT2D eigenvalue weighted by Crippen LogP contribution is 2.40. The van der Waals surface area contributed by atoms with E-state index in [1.54, 1.807) is 71.2 Å². The first kappa shape index (κ1) is 32.1. The maximum absolute atomic E-state index is 14.2. The molecule has 12 nitrogen and oxygen atoms in total. The van der Waals surface area contributed by atoms with Crippen molar-refractivity contribution in [3.05, 3.63) is 53.6 Å². The van der Waals surface area contributed by atoms with Gasteiger partial charge in [0.1, 0.15) is 34.6 Å². The number of rotatable bonds is 8. The predicted molar refractivity (Wildman–Crippen MR) is 162 cm³/mol. The first-order valence-corrected chi connectivity index (χ1v) is 15.3. The van der Waals surface area contributed by atoms with Gasteiger partial charge >= 0.3 is 5.97 Å². The van der Waals surface area contributed by atoms with Gasteiger partial charge in [-0.1, -0.05) is 6.07 Å². The van der Waals surface area contributed by atoms with Gasteiger partial charge in [0.05, 0.1) is 40.5 Å². The van der Waals surface area contributed by atoms with Gasteiger partial charge in [-0.2, -0.15) is 0 Å². The summed E-state index contributed by atoms with van der Waals surface area (Å²) in [5.74, 6) is 0.138. The van der Waals surface area contributed by atoms with E-state index < -0.39 is 11.8 Å². The average Bonchev–Trinajstić information content (AvgIpc) is 3.45. The molecular weight excluding hydrogens is 582 g/mol. The van der Waals surface area contributed by atoms with Crippen LogP contribution in [0.15, 0.2) is 42.5 Å². The van der Waals surface area contributed by atoms with Crippen LogP contribution in [-0.4, -0.2) is 111 Å². The van der Waals surface area contributed by atoms with E-state index in [-0.39, 0.29) is 49.3 Å². The molecule has 5 rings (SSSR count). The molecular formula is C33H41N3O9. The zero-order chi connectivity index (χ0) is 32.1. The highest BCUT2D eigenvalue weighted by Gasteiger charge is 2.55. The summed E-state index contributed by atoms with van der Waals surface area (Å²) in [5.41, 5.74) is -0.351. The maximum atomic E-state index is 14.2. The SMILES string of the molecule is CCOC(=O)C1CCN(C(=O)[C@H]2COC3(CCN(C(=O)c4c(OC)cccc4OC)CC3)N2C(=O)c2ccc(OC)cc2)CC1. The van der Waals surface area contributed by atoms with Crippen LogP contribution in [0, 0.1) is 5.92 Å². The predicted octanol–water partition coefficient (Wildman–Crippen LogP) is 2.99. The van der Waals surface area contributed by atoms with Crippen LogP contribution in [-0.2, 0) is 19.1 Å². The van der Waals surface area contributed by atoms with E-state index in [1.165, 1.54) is 14.2 Å². The number of methoxy groups -OCH3 is 3. The molecule has 3 amide bonds. The molecule has 3 heterocycles. The third-order valence-electron chi connectivity index (χ3n) is 9.00. The molecule has 12 heteroatoms. The van der Waals surface area contributed by atoms with E-state index in [2.05, 4.69) is 0 Å². The highest BCUT2D eigenvalue weighted by atomic mass is 16.5. The van der Waals surface area contributed by atoms with E-state index in [1.807, 2.05) is 0 Å². The monoisotopic (exact) mass is 623 g/mol. The summed E-state index contributed by atoms with van der Waals surface area (Å²) >= 11 is 0. The van der Waals surface area contributed by atoms with Gasteiger partial charge in [0, 0.05) is 44.6 Å². The Balaban J connectivity index is 1.37. The number of amides is 3. The van der Waals surface area contributed by atoms with Crippen molar-refractivity contribution in [2.24, 2.45) is 5.92 Å². The lowest BCUT2D eigenvalue weighted by atomic mass is 9.94. The lowest BCUT2D eigenvalue weighted by Crippen LogP contribution is -2.60. The zero-order valence-electron chi connectivity index (χ0n) is 26.3. The van der Waals surface area contributed by atoms with E-state index in [0.29, 0.717) is 73.8 Å². The summed E-state index contributed by atoms with van der Waals surface area (Å²) in [6.45, 7) is 3.48. The molecule has 0 aromatic heterocycles. The molecule has 242 valence electrons. The Labute approximate surface area is 263 Å². The van der Waals surface area contributed by atoms with Crippen molar-refractivity contribution in [2.75, 3.05) is 60.7 Å². The van der Waals surface area contributed by atoms with E-state index in [0.717, 1.165) is 0 Å². The molecule has 0 bridgehead atoms. The molecule has 45 heavy (non-hydrogen) atoms. The fraction of sp³-hybridized carbons (Fsp3) is 0.515. The minimum absolute atomic E-state index is 0.0345. The number of hydrogen-bond donors (Lipinski definition) is 0. The standard InChI is InChI=1S/C33H41N3O9/c1-5-44-32(40)23-13-17-34(18-14-23)30(38)25-21-45-33(36(25)29(37)22-9-11-24(41-2)12-10-22)15-19-35(20-16-33)31(39)28-26(42-3)7-6-8-27(28)43-4/h6-12,23,25H,5,13-21H2,1-4H3/t25-/m1/s1. The number of ether oxygens (including phenoxy) is 5. The van der Waals surface area contributed by atoms with Crippen molar-refractivity contribution in [3.63, 3.8) is 0 Å². The van der Waals surface area contributed by atoms with Crippen LogP contribution >= 0.6 is 0 Å². The van der Waals surface area contributed by atoms with Gasteiger partial charge in [0.15, 0.2) is 0 Å². The molecule has 0 saturated carbocycles. The molecule has 0 N–H and O–H groups in total. The number of carbonyl (C=O) groups is 4. The van der Waals surface area contributed by atoms with Gasteiger partial charge < -0.3 is 33.5 Å². The van der Waals surface area contributed by atoms with Crippen LogP contribution in [0.3, 0.4) is 0 Å². The van der Waals surface area contributed by atoms with E-state index >= 15 is 0 Å². The summed E-state index contributed by atoms with van der Waals surface area (Å²) in [4.78, 5) is 59.1. The zero-order valence-corrected chi connectivity index (χ0v) is 26.3. The number of esters is 1. The minimum atomic E-state index is -1.08. The second-order valence-corrected chi connectivity index (χ2v) is 11.4. The number of benzene rings is 2. The second-order valence-electron chi connectivity index (χ2n) is 11.4. The quantitative estimate of drug-likeness (QED) is 0.408. The van der Waals surface area contributed by atoms with Crippen LogP contribution in [0.2, 0.25) is 0 Å². The normalized spacial score (nSPS) is 19.7. The van der Waals surface area contributed by atoms with Crippen molar-refractivity contribution in [1.82, 2.24) is 14.7 Å². The molecule has 3 aliphatic heterocycles. The molecule has 3 fully saturated rings. The van der Waals surface area contributed by atoms with Crippen molar-refractivity contribution in [1.29, 1.82) is 0 Å². The van der Waals surface area contributed by atoms with E-state index in [9.17, 15) is 19.2 Å². The molecule has 0 aliphatic carbocycles. The molecule has 3 aliphatic rings. The number of nitrogens with zero attached hydrogens (tertiary/aromatic N) is 3. The Bertz CT molecular complexity index is 1370. The maximum Gasteiger partial charge on any atom is 0.309 e. The lowest BCUT2D eigenvalue weighted by Gasteiger charge is -2.45. The van der Waals surface area contributed by atoms with Crippen molar-refractivity contribution < 1.29 is 42.9 Å². The summed E-state index contributed by atoms with van der Waals surface area (Å²) in [7, 11) is 4.56. The van der Waals surface area contributed by atoms with Crippen LogP contribution in [0.1, 0.15) is 53.3 Å². The van der Waals surface area contributed by atoms with Crippen molar-refractivity contribution in [2.45, 2.75) is 44.4 Å². The Morgan fingerprint density at radius 2 is 1.44 bits per heavy atom. The van der Waals surface area contributed by atoms with Gasteiger partial charge in [-0.15, -0.1) is 0 Å². The number of likely N-dealkylation sites (tertiary alicyclic amines) is 2. The molecule has 0 radical (unpaired) electrons. The summed E-state index contributed by atoms with van der Waals surface area (Å²) in [6.07, 6.45) is 1.62. The Morgan fingerprint density at radius 1 is 0.822 bits per heavy atom.